The third-order valence-corrected chi connectivity index (χ3v) is 5.46. The molecule has 0 aliphatic rings. The highest BCUT2D eigenvalue weighted by molar-refractivity contribution is 7.92. The van der Waals surface area contributed by atoms with Crippen molar-refractivity contribution in [2.45, 2.75) is 31.6 Å². The summed E-state index contributed by atoms with van der Waals surface area (Å²) in [5, 5.41) is -0.853. The predicted molar refractivity (Wildman–Crippen MR) is 78.0 cm³/mol. The summed E-state index contributed by atoms with van der Waals surface area (Å²) in [5.41, 5.74) is 7.90. The average molecular weight is 299 g/mol. The Labute approximate surface area is 120 Å². The number of hydrogen-bond donors (Lipinski definition) is 1. The van der Waals surface area contributed by atoms with E-state index in [2.05, 4.69) is 4.74 Å². The highest BCUT2D eigenvalue weighted by Gasteiger charge is 2.30. The van der Waals surface area contributed by atoms with Gasteiger partial charge in [-0.15, -0.1) is 0 Å². The monoisotopic (exact) mass is 299 g/mol. The summed E-state index contributed by atoms with van der Waals surface area (Å²) in [6, 6.07) is 6.83. The number of methoxy groups -OCH3 is 1. The Hall–Kier alpha value is -1.40. The van der Waals surface area contributed by atoms with Crippen molar-refractivity contribution in [3.05, 3.63) is 35.4 Å². The van der Waals surface area contributed by atoms with E-state index in [1.807, 2.05) is 31.2 Å². The quantitative estimate of drug-likeness (QED) is 0.798. The fourth-order valence-corrected chi connectivity index (χ4v) is 3.14. The van der Waals surface area contributed by atoms with E-state index in [9.17, 15) is 13.2 Å². The van der Waals surface area contributed by atoms with Gasteiger partial charge in [-0.1, -0.05) is 31.2 Å². The molecule has 0 spiro atoms. The molecule has 20 heavy (non-hydrogen) atoms. The normalized spacial score (nSPS) is 14.6. The van der Waals surface area contributed by atoms with Crippen LogP contribution in [0.15, 0.2) is 24.3 Å². The maximum atomic E-state index is 12.1. The summed E-state index contributed by atoms with van der Waals surface area (Å²) < 4.78 is 28.5. The number of hydrogen-bond acceptors (Lipinski definition) is 5. The lowest BCUT2D eigenvalue weighted by atomic mass is 10.0. The van der Waals surface area contributed by atoms with Gasteiger partial charge in [0.2, 0.25) is 0 Å². The second-order valence-electron chi connectivity index (χ2n) is 4.71. The largest absolute Gasteiger partial charge is 0.468 e. The minimum Gasteiger partial charge on any atom is -0.468 e. The molecule has 0 saturated carbocycles. The molecule has 2 atom stereocenters. The van der Waals surface area contributed by atoms with Gasteiger partial charge in [-0.05, 0) is 24.5 Å². The van der Waals surface area contributed by atoms with Crippen LogP contribution in [0.2, 0.25) is 0 Å². The Bertz CT molecular complexity index is 551. The number of benzene rings is 1. The van der Waals surface area contributed by atoms with E-state index in [-0.39, 0.29) is 0 Å². The van der Waals surface area contributed by atoms with Crippen LogP contribution in [0.1, 0.15) is 31.0 Å². The molecular formula is C14H21NO4S. The van der Waals surface area contributed by atoms with Crippen LogP contribution in [0.25, 0.3) is 0 Å². The maximum absolute atomic E-state index is 12.1. The topological polar surface area (TPSA) is 86.5 Å². The smallest absolute Gasteiger partial charge is 0.320 e. The summed E-state index contributed by atoms with van der Waals surface area (Å²) in [6.07, 6.45) is 0.908. The number of sulfone groups is 1. The number of nitrogens with two attached hydrogens (primary N) is 1. The molecule has 1 aromatic rings. The Morgan fingerprint density at radius 3 is 2.30 bits per heavy atom. The van der Waals surface area contributed by atoms with Crippen LogP contribution < -0.4 is 5.73 Å². The average Bonchev–Trinajstić information content (AvgIpc) is 2.45. The molecule has 0 amide bonds. The minimum absolute atomic E-state index is 0.647. The lowest BCUT2D eigenvalue weighted by Gasteiger charge is -2.20. The number of aryl methyl sites for hydroxylation is 1. The predicted octanol–water partition coefficient (Wildman–Crippen LogP) is 1.23. The molecule has 0 radical (unpaired) electrons. The standard InChI is InChI=1S/C14H21NO4S/c1-4-11-5-7-12(8-6-11)14(15)10(2)20(17,18)9-13(16)19-3/h5-8,10,14H,4,9,15H2,1-3H3. The SMILES string of the molecule is CCc1ccc(C(N)C(C)S(=O)(=O)CC(=O)OC)cc1. The first kappa shape index (κ1) is 16.7. The molecule has 2 N–H and O–H groups in total. The van der Waals surface area contributed by atoms with Gasteiger partial charge in [0.15, 0.2) is 9.84 Å². The van der Waals surface area contributed by atoms with Gasteiger partial charge in [0.25, 0.3) is 0 Å². The molecular weight excluding hydrogens is 278 g/mol. The fraction of sp³-hybridized carbons (Fsp3) is 0.500. The lowest BCUT2D eigenvalue weighted by molar-refractivity contribution is -0.137. The number of carbonyl (C=O) groups excluding carboxylic acids is 1. The number of ether oxygens (including phenoxy) is 1. The molecule has 112 valence electrons. The molecule has 0 aliphatic carbocycles. The molecule has 0 heterocycles. The van der Waals surface area contributed by atoms with Crippen molar-refractivity contribution >= 4 is 15.8 Å². The third-order valence-electron chi connectivity index (χ3n) is 3.39. The van der Waals surface area contributed by atoms with Crippen LogP contribution in [0.3, 0.4) is 0 Å². The van der Waals surface area contributed by atoms with Crippen LogP contribution in [-0.2, 0) is 25.8 Å². The Morgan fingerprint density at radius 1 is 1.30 bits per heavy atom. The first-order valence-corrected chi connectivity index (χ1v) is 8.16. The molecule has 1 rings (SSSR count). The van der Waals surface area contributed by atoms with Gasteiger partial charge >= 0.3 is 5.97 Å². The Balaban J connectivity index is 2.89. The molecule has 6 heteroatoms. The number of esters is 1. The highest BCUT2D eigenvalue weighted by Crippen LogP contribution is 2.21. The molecule has 0 aliphatic heterocycles. The summed E-state index contributed by atoms with van der Waals surface area (Å²) in [7, 11) is -2.48. The molecule has 5 nitrogen and oxygen atoms in total. The zero-order chi connectivity index (χ0) is 15.3. The van der Waals surface area contributed by atoms with Gasteiger partial charge in [-0.3, -0.25) is 4.79 Å². The summed E-state index contributed by atoms with van der Waals surface area (Å²) >= 11 is 0. The highest BCUT2D eigenvalue weighted by atomic mass is 32.2. The Morgan fingerprint density at radius 2 is 1.85 bits per heavy atom. The van der Waals surface area contributed by atoms with Gasteiger partial charge in [0, 0.05) is 6.04 Å². The van der Waals surface area contributed by atoms with Gasteiger partial charge in [0.05, 0.1) is 12.4 Å². The van der Waals surface area contributed by atoms with Crippen molar-refractivity contribution in [2.75, 3.05) is 12.9 Å². The lowest BCUT2D eigenvalue weighted by Crippen LogP contribution is -2.35. The summed E-state index contributed by atoms with van der Waals surface area (Å²) in [6.45, 7) is 3.55. The number of carbonyl (C=O) groups is 1. The molecule has 1 aromatic carbocycles. The first-order chi connectivity index (χ1) is 9.31. The third kappa shape index (κ3) is 4.05. The van der Waals surface area contributed by atoms with Crippen LogP contribution in [0.5, 0.6) is 0 Å². The summed E-state index contributed by atoms with van der Waals surface area (Å²) in [4.78, 5) is 11.1. The van der Waals surface area contributed by atoms with E-state index < -0.39 is 32.9 Å². The van der Waals surface area contributed by atoms with Gasteiger partial charge in [0.1, 0.15) is 5.75 Å². The van der Waals surface area contributed by atoms with E-state index in [0.29, 0.717) is 0 Å². The molecule has 0 aromatic heterocycles. The van der Waals surface area contributed by atoms with Crippen LogP contribution in [0.4, 0.5) is 0 Å². The van der Waals surface area contributed by atoms with Gasteiger partial charge in [-0.2, -0.15) is 0 Å². The van der Waals surface area contributed by atoms with Crippen LogP contribution in [0, 0.1) is 0 Å². The van der Waals surface area contributed by atoms with Gasteiger partial charge in [-0.25, -0.2) is 8.42 Å². The first-order valence-electron chi connectivity index (χ1n) is 6.44. The van der Waals surface area contributed by atoms with Crippen molar-refractivity contribution in [1.29, 1.82) is 0 Å². The molecule has 0 fully saturated rings. The van der Waals surface area contributed by atoms with E-state index >= 15 is 0 Å². The van der Waals surface area contributed by atoms with E-state index in [4.69, 9.17) is 5.73 Å². The van der Waals surface area contributed by atoms with Crippen molar-refractivity contribution < 1.29 is 17.9 Å². The zero-order valence-electron chi connectivity index (χ0n) is 12.0. The van der Waals surface area contributed by atoms with E-state index in [1.165, 1.54) is 6.92 Å². The Kier molecular flexibility index (Phi) is 5.71. The van der Waals surface area contributed by atoms with E-state index in [0.717, 1.165) is 24.7 Å². The zero-order valence-corrected chi connectivity index (χ0v) is 12.8. The molecule has 2 unspecified atom stereocenters. The van der Waals surface area contributed by atoms with Crippen molar-refractivity contribution in [1.82, 2.24) is 0 Å². The van der Waals surface area contributed by atoms with Crippen molar-refractivity contribution in [3.8, 4) is 0 Å². The summed E-state index contributed by atoms with van der Waals surface area (Å²) in [5.74, 6) is -1.42. The van der Waals surface area contributed by atoms with Crippen molar-refractivity contribution in [3.63, 3.8) is 0 Å². The van der Waals surface area contributed by atoms with Crippen LogP contribution >= 0.6 is 0 Å². The molecule has 0 saturated heterocycles. The van der Waals surface area contributed by atoms with Crippen molar-refractivity contribution in [2.24, 2.45) is 5.73 Å². The molecule has 0 bridgehead atoms. The second kappa shape index (κ2) is 6.85. The fourth-order valence-electron chi connectivity index (χ4n) is 1.82. The maximum Gasteiger partial charge on any atom is 0.320 e. The van der Waals surface area contributed by atoms with Crippen LogP contribution in [-0.4, -0.2) is 32.5 Å². The number of rotatable bonds is 6. The van der Waals surface area contributed by atoms with E-state index in [1.54, 1.807) is 0 Å². The van der Waals surface area contributed by atoms with Gasteiger partial charge < -0.3 is 10.5 Å². The minimum atomic E-state index is -3.63. The second-order valence-corrected chi connectivity index (χ2v) is 7.07.